The number of carboxylic acids is 1. The molecule has 1 aromatic rings. The van der Waals surface area contributed by atoms with Crippen LogP contribution in [-0.4, -0.2) is 34.2 Å². The summed E-state index contributed by atoms with van der Waals surface area (Å²) < 4.78 is 0. The lowest BCUT2D eigenvalue weighted by atomic mass is 10.0. The van der Waals surface area contributed by atoms with Crippen molar-refractivity contribution >= 4 is 23.6 Å². The summed E-state index contributed by atoms with van der Waals surface area (Å²) in [6, 6.07) is 8.15. The number of fused-ring (bicyclic) bond motifs is 1. The highest BCUT2D eigenvalue weighted by Gasteiger charge is 2.39. The molecule has 5 heteroatoms. The number of rotatable bonds is 2. The summed E-state index contributed by atoms with van der Waals surface area (Å²) in [4.78, 5) is 26.1. The first kappa shape index (κ1) is 12.5. The Labute approximate surface area is 115 Å². The number of amides is 1. The van der Waals surface area contributed by atoms with E-state index in [1.165, 1.54) is 4.90 Å². The summed E-state index contributed by atoms with van der Waals surface area (Å²) in [5.74, 6) is -0.467. The van der Waals surface area contributed by atoms with Crippen molar-refractivity contribution in [1.29, 1.82) is 0 Å². The molecule has 1 amide bonds. The lowest BCUT2D eigenvalue weighted by Crippen LogP contribution is -2.32. The summed E-state index contributed by atoms with van der Waals surface area (Å²) in [6.45, 7) is 0.345. The third-order valence-electron chi connectivity index (χ3n) is 3.81. The number of aliphatic carboxylic acids is 1. The van der Waals surface area contributed by atoms with Crippen molar-refractivity contribution in [2.45, 2.75) is 23.8 Å². The van der Waals surface area contributed by atoms with E-state index in [0.29, 0.717) is 6.54 Å². The highest BCUT2D eigenvalue weighted by Crippen LogP contribution is 2.41. The third kappa shape index (κ3) is 2.23. The Morgan fingerprint density at radius 1 is 1.37 bits per heavy atom. The predicted octanol–water partition coefficient (Wildman–Crippen LogP) is 2.16. The molecule has 1 aromatic carbocycles. The van der Waals surface area contributed by atoms with E-state index in [1.54, 1.807) is 16.7 Å². The van der Waals surface area contributed by atoms with Crippen molar-refractivity contribution in [3.8, 4) is 0 Å². The van der Waals surface area contributed by atoms with E-state index in [0.717, 1.165) is 17.7 Å². The van der Waals surface area contributed by atoms with E-state index in [4.69, 9.17) is 5.11 Å². The van der Waals surface area contributed by atoms with Crippen molar-refractivity contribution in [3.05, 3.63) is 29.8 Å². The van der Waals surface area contributed by atoms with Gasteiger partial charge in [-0.25, -0.2) is 0 Å². The summed E-state index contributed by atoms with van der Waals surface area (Å²) in [5.41, 5.74) is 1.16. The molecule has 0 unspecified atom stereocenters. The van der Waals surface area contributed by atoms with E-state index >= 15 is 0 Å². The average molecular weight is 277 g/mol. The number of hydrogen-bond acceptors (Lipinski definition) is 3. The number of benzene rings is 1. The van der Waals surface area contributed by atoms with Crippen LogP contribution in [0.5, 0.6) is 0 Å². The second kappa shape index (κ2) is 4.89. The minimum Gasteiger partial charge on any atom is -0.481 e. The Balaban J connectivity index is 1.88. The standard InChI is InChI=1S/C14H15NO3S/c16-13-7-9(14(17)18)8-15(13)11-5-6-19-12-4-2-1-3-10(11)12/h1-4,9,11H,5-8H2,(H,17,18)/t9-,11+/m1/s1. The molecule has 100 valence electrons. The zero-order chi connectivity index (χ0) is 13.4. The highest BCUT2D eigenvalue weighted by molar-refractivity contribution is 7.99. The van der Waals surface area contributed by atoms with Crippen LogP contribution in [0.2, 0.25) is 0 Å². The average Bonchev–Trinajstić information content (AvgIpc) is 2.80. The van der Waals surface area contributed by atoms with Crippen LogP contribution in [0.25, 0.3) is 0 Å². The van der Waals surface area contributed by atoms with Crippen molar-refractivity contribution in [1.82, 2.24) is 4.90 Å². The largest absolute Gasteiger partial charge is 0.481 e. The molecule has 3 rings (SSSR count). The van der Waals surface area contributed by atoms with Gasteiger partial charge >= 0.3 is 5.97 Å². The Bertz CT molecular complexity index is 531. The van der Waals surface area contributed by atoms with Crippen LogP contribution in [-0.2, 0) is 9.59 Å². The van der Waals surface area contributed by atoms with E-state index in [-0.39, 0.29) is 18.4 Å². The first-order chi connectivity index (χ1) is 9.16. The zero-order valence-electron chi connectivity index (χ0n) is 10.4. The Kier molecular flexibility index (Phi) is 3.22. The van der Waals surface area contributed by atoms with Crippen LogP contribution >= 0.6 is 11.8 Å². The molecule has 19 heavy (non-hydrogen) atoms. The fraction of sp³-hybridized carbons (Fsp3) is 0.429. The Morgan fingerprint density at radius 2 is 2.16 bits per heavy atom. The molecule has 0 radical (unpaired) electrons. The molecule has 0 aromatic heterocycles. The topological polar surface area (TPSA) is 57.6 Å². The molecule has 1 saturated heterocycles. The number of carbonyl (C=O) groups is 2. The lowest BCUT2D eigenvalue weighted by molar-refractivity contribution is -0.141. The predicted molar refractivity (Wildman–Crippen MR) is 72.0 cm³/mol. The van der Waals surface area contributed by atoms with Gasteiger partial charge in [0.2, 0.25) is 5.91 Å². The lowest BCUT2D eigenvalue weighted by Gasteiger charge is -2.32. The van der Waals surface area contributed by atoms with Gasteiger partial charge in [0.25, 0.3) is 0 Å². The maximum absolute atomic E-state index is 12.1. The molecule has 2 atom stereocenters. The minimum absolute atomic E-state index is 0.0286. The molecular weight excluding hydrogens is 262 g/mol. The molecular formula is C14H15NO3S. The Hall–Kier alpha value is -1.49. The normalized spacial score (nSPS) is 26.3. The first-order valence-electron chi connectivity index (χ1n) is 6.41. The number of carbonyl (C=O) groups excluding carboxylic acids is 1. The van der Waals surface area contributed by atoms with Gasteiger partial charge in [0, 0.05) is 23.6 Å². The van der Waals surface area contributed by atoms with Crippen LogP contribution in [0.15, 0.2) is 29.2 Å². The monoisotopic (exact) mass is 277 g/mol. The van der Waals surface area contributed by atoms with E-state index in [9.17, 15) is 9.59 Å². The SMILES string of the molecule is O=C(O)[C@@H]1CC(=O)N([C@H]2CCSc3ccccc32)C1. The van der Waals surface area contributed by atoms with E-state index in [2.05, 4.69) is 6.07 Å². The molecule has 0 bridgehead atoms. The van der Waals surface area contributed by atoms with Gasteiger partial charge in [-0.15, -0.1) is 11.8 Å². The third-order valence-corrected chi connectivity index (χ3v) is 4.93. The molecule has 2 heterocycles. The summed E-state index contributed by atoms with van der Waals surface area (Å²) >= 11 is 1.81. The molecule has 1 N–H and O–H groups in total. The van der Waals surface area contributed by atoms with Gasteiger partial charge in [0.15, 0.2) is 0 Å². The number of thioether (sulfide) groups is 1. The van der Waals surface area contributed by atoms with Crippen LogP contribution < -0.4 is 0 Å². The van der Waals surface area contributed by atoms with Crippen LogP contribution in [0.4, 0.5) is 0 Å². The van der Waals surface area contributed by atoms with Gasteiger partial charge in [-0.3, -0.25) is 9.59 Å². The summed E-state index contributed by atoms with van der Waals surface area (Å²) in [6.07, 6.45) is 1.04. The highest BCUT2D eigenvalue weighted by atomic mass is 32.2. The molecule has 2 aliphatic rings. The van der Waals surface area contributed by atoms with E-state index < -0.39 is 11.9 Å². The fourth-order valence-corrected chi connectivity index (χ4v) is 3.95. The summed E-state index contributed by atoms with van der Waals surface area (Å²) in [5, 5.41) is 9.06. The fourth-order valence-electron chi connectivity index (χ4n) is 2.85. The maximum Gasteiger partial charge on any atom is 0.308 e. The molecule has 2 aliphatic heterocycles. The minimum atomic E-state index is -0.866. The molecule has 1 fully saturated rings. The zero-order valence-corrected chi connectivity index (χ0v) is 11.2. The van der Waals surface area contributed by atoms with E-state index in [1.807, 2.05) is 18.2 Å². The Morgan fingerprint density at radius 3 is 2.89 bits per heavy atom. The van der Waals surface area contributed by atoms with Gasteiger partial charge in [-0.1, -0.05) is 18.2 Å². The number of nitrogens with zero attached hydrogens (tertiary/aromatic N) is 1. The molecule has 0 spiro atoms. The van der Waals surface area contributed by atoms with Crippen molar-refractivity contribution in [2.75, 3.05) is 12.3 Å². The van der Waals surface area contributed by atoms with Crippen molar-refractivity contribution < 1.29 is 14.7 Å². The van der Waals surface area contributed by atoms with Gasteiger partial charge in [0.05, 0.1) is 12.0 Å². The number of carboxylic acid groups (broad SMARTS) is 1. The smallest absolute Gasteiger partial charge is 0.308 e. The molecule has 0 saturated carbocycles. The van der Waals surface area contributed by atoms with Crippen molar-refractivity contribution in [3.63, 3.8) is 0 Å². The number of likely N-dealkylation sites (tertiary alicyclic amines) is 1. The van der Waals surface area contributed by atoms with Gasteiger partial charge in [-0.2, -0.15) is 0 Å². The molecule has 0 aliphatic carbocycles. The maximum atomic E-state index is 12.1. The van der Waals surface area contributed by atoms with Crippen LogP contribution in [0, 0.1) is 5.92 Å². The van der Waals surface area contributed by atoms with Gasteiger partial charge in [-0.05, 0) is 18.1 Å². The second-order valence-corrected chi connectivity index (χ2v) is 6.11. The first-order valence-corrected chi connectivity index (χ1v) is 7.39. The van der Waals surface area contributed by atoms with Crippen LogP contribution in [0.3, 0.4) is 0 Å². The summed E-state index contributed by atoms with van der Waals surface area (Å²) in [7, 11) is 0. The van der Waals surface area contributed by atoms with Gasteiger partial charge in [0.1, 0.15) is 0 Å². The van der Waals surface area contributed by atoms with Gasteiger partial charge < -0.3 is 10.0 Å². The second-order valence-electron chi connectivity index (χ2n) is 4.98. The quantitative estimate of drug-likeness (QED) is 0.900. The van der Waals surface area contributed by atoms with Crippen molar-refractivity contribution in [2.24, 2.45) is 5.92 Å². The molecule has 4 nitrogen and oxygen atoms in total. The van der Waals surface area contributed by atoms with Crippen LogP contribution in [0.1, 0.15) is 24.4 Å². The number of hydrogen-bond donors (Lipinski definition) is 1.